The van der Waals surface area contributed by atoms with Crippen molar-refractivity contribution in [3.63, 3.8) is 0 Å². The Balaban J connectivity index is 1.75. The highest BCUT2D eigenvalue weighted by Gasteiger charge is 2.24. The number of hydrogen-bond acceptors (Lipinski definition) is 2. The van der Waals surface area contributed by atoms with Crippen LogP contribution in [-0.2, 0) is 11.3 Å². The molecule has 1 unspecified atom stereocenters. The van der Waals surface area contributed by atoms with E-state index in [2.05, 4.69) is 36.5 Å². The van der Waals surface area contributed by atoms with Crippen LogP contribution in [0.15, 0.2) is 30.3 Å². The minimum Gasteiger partial charge on any atom is -0.375 e. The third kappa shape index (κ3) is 4.11. The van der Waals surface area contributed by atoms with Crippen molar-refractivity contribution >= 4 is 0 Å². The molecule has 1 aromatic carbocycles. The Morgan fingerprint density at radius 1 is 1.22 bits per heavy atom. The molecule has 0 aliphatic heterocycles. The fourth-order valence-corrected chi connectivity index (χ4v) is 2.86. The summed E-state index contributed by atoms with van der Waals surface area (Å²) in [5.41, 5.74) is 1.26. The SMILES string of the molecule is CCNC(COCc1ccccc1)C1CCCC1. The van der Waals surface area contributed by atoms with Crippen LogP contribution < -0.4 is 5.32 Å². The monoisotopic (exact) mass is 247 g/mol. The van der Waals surface area contributed by atoms with Crippen LogP contribution in [0, 0.1) is 5.92 Å². The first-order valence-electron chi connectivity index (χ1n) is 7.25. The lowest BCUT2D eigenvalue weighted by atomic mass is 9.99. The molecule has 1 N–H and O–H groups in total. The van der Waals surface area contributed by atoms with E-state index in [-0.39, 0.29) is 0 Å². The Morgan fingerprint density at radius 3 is 2.61 bits per heavy atom. The first kappa shape index (κ1) is 13.6. The molecule has 0 radical (unpaired) electrons. The molecule has 1 aliphatic rings. The average molecular weight is 247 g/mol. The fraction of sp³-hybridized carbons (Fsp3) is 0.625. The Bertz CT molecular complexity index is 319. The van der Waals surface area contributed by atoms with Crippen LogP contribution in [-0.4, -0.2) is 19.2 Å². The normalized spacial score (nSPS) is 18.1. The van der Waals surface area contributed by atoms with Crippen LogP contribution in [0.4, 0.5) is 0 Å². The van der Waals surface area contributed by atoms with Crippen LogP contribution in [0.2, 0.25) is 0 Å². The Labute approximate surface area is 111 Å². The van der Waals surface area contributed by atoms with Crippen molar-refractivity contribution in [3.8, 4) is 0 Å². The Kier molecular flexibility index (Phi) is 5.69. The highest BCUT2D eigenvalue weighted by Crippen LogP contribution is 2.27. The third-order valence-electron chi connectivity index (χ3n) is 3.84. The Morgan fingerprint density at radius 2 is 1.94 bits per heavy atom. The van der Waals surface area contributed by atoms with Gasteiger partial charge in [-0.3, -0.25) is 0 Å². The summed E-state index contributed by atoms with van der Waals surface area (Å²) in [6.07, 6.45) is 5.52. The molecule has 1 aliphatic carbocycles. The van der Waals surface area contributed by atoms with Gasteiger partial charge in [0.2, 0.25) is 0 Å². The van der Waals surface area contributed by atoms with Crippen LogP contribution in [0.3, 0.4) is 0 Å². The van der Waals surface area contributed by atoms with E-state index in [1.165, 1.54) is 31.2 Å². The molecule has 1 atom stereocenters. The molecule has 0 aromatic heterocycles. The molecule has 1 aromatic rings. The molecule has 18 heavy (non-hydrogen) atoms. The van der Waals surface area contributed by atoms with E-state index in [9.17, 15) is 0 Å². The van der Waals surface area contributed by atoms with Gasteiger partial charge in [-0.1, -0.05) is 50.1 Å². The lowest BCUT2D eigenvalue weighted by molar-refractivity contribution is 0.0826. The second-order valence-electron chi connectivity index (χ2n) is 5.21. The summed E-state index contributed by atoms with van der Waals surface area (Å²) in [6.45, 7) is 4.79. The molecule has 0 amide bonds. The van der Waals surface area contributed by atoms with Gasteiger partial charge in [0, 0.05) is 6.04 Å². The topological polar surface area (TPSA) is 21.3 Å². The largest absolute Gasteiger partial charge is 0.375 e. The van der Waals surface area contributed by atoms with Gasteiger partial charge in [0.25, 0.3) is 0 Å². The van der Waals surface area contributed by atoms with Gasteiger partial charge >= 0.3 is 0 Å². The summed E-state index contributed by atoms with van der Waals surface area (Å²) in [6, 6.07) is 11.0. The maximum Gasteiger partial charge on any atom is 0.0717 e. The molecule has 0 spiro atoms. The van der Waals surface area contributed by atoms with Crippen molar-refractivity contribution < 1.29 is 4.74 Å². The molecule has 100 valence electrons. The number of nitrogens with one attached hydrogen (secondary N) is 1. The van der Waals surface area contributed by atoms with Gasteiger partial charge < -0.3 is 10.1 Å². The van der Waals surface area contributed by atoms with Crippen LogP contribution in [0.5, 0.6) is 0 Å². The van der Waals surface area contributed by atoms with E-state index in [4.69, 9.17) is 4.74 Å². The Hall–Kier alpha value is -0.860. The van der Waals surface area contributed by atoms with Crippen molar-refractivity contribution in [1.82, 2.24) is 5.32 Å². The zero-order chi connectivity index (χ0) is 12.6. The quantitative estimate of drug-likeness (QED) is 0.797. The molecule has 2 heteroatoms. The van der Waals surface area contributed by atoms with Crippen LogP contribution in [0.1, 0.15) is 38.2 Å². The van der Waals surface area contributed by atoms with Crippen molar-refractivity contribution in [2.75, 3.05) is 13.2 Å². The summed E-state index contributed by atoms with van der Waals surface area (Å²) < 4.78 is 5.88. The molecule has 2 nitrogen and oxygen atoms in total. The number of ether oxygens (including phenoxy) is 1. The minimum atomic E-state index is 0.543. The van der Waals surface area contributed by atoms with Crippen molar-refractivity contribution in [1.29, 1.82) is 0 Å². The third-order valence-corrected chi connectivity index (χ3v) is 3.84. The molecule has 0 bridgehead atoms. The summed E-state index contributed by atoms with van der Waals surface area (Å²) in [7, 11) is 0. The molecule has 0 heterocycles. The van der Waals surface area contributed by atoms with Gasteiger partial charge in [-0.05, 0) is 30.9 Å². The second kappa shape index (κ2) is 7.55. The maximum absolute atomic E-state index is 5.88. The molecular weight excluding hydrogens is 222 g/mol. The first-order chi connectivity index (χ1) is 8.90. The highest BCUT2D eigenvalue weighted by molar-refractivity contribution is 5.13. The fourth-order valence-electron chi connectivity index (χ4n) is 2.86. The number of rotatable bonds is 7. The standard InChI is InChI=1S/C16H25NO/c1-2-17-16(15-10-6-7-11-15)13-18-12-14-8-4-3-5-9-14/h3-5,8-9,15-17H,2,6-7,10-13H2,1H3. The van der Waals surface area contributed by atoms with Gasteiger partial charge in [-0.15, -0.1) is 0 Å². The van der Waals surface area contributed by atoms with E-state index in [0.717, 1.165) is 25.7 Å². The summed E-state index contributed by atoms with van der Waals surface area (Å²) in [5, 5.41) is 3.59. The zero-order valence-corrected chi connectivity index (χ0v) is 11.4. The maximum atomic E-state index is 5.88. The van der Waals surface area contributed by atoms with Gasteiger partial charge in [-0.2, -0.15) is 0 Å². The van der Waals surface area contributed by atoms with Crippen molar-refractivity contribution in [2.45, 2.75) is 45.3 Å². The smallest absolute Gasteiger partial charge is 0.0717 e. The van der Waals surface area contributed by atoms with E-state index in [1.807, 2.05) is 6.07 Å². The lowest BCUT2D eigenvalue weighted by Crippen LogP contribution is -2.39. The summed E-state index contributed by atoms with van der Waals surface area (Å²) in [4.78, 5) is 0. The number of likely N-dealkylation sites (N-methyl/N-ethyl adjacent to an activating group) is 1. The predicted octanol–water partition coefficient (Wildman–Crippen LogP) is 3.37. The van der Waals surface area contributed by atoms with Crippen LogP contribution in [0.25, 0.3) is 0 Å². The molecular formula is C16H25NO. The molecule has 1 fully saturated rings. The van der Waals surface area contributed by atoms with Crippen molar-refractivity contribution in [3.05, 3.63) is 35.9 Å². The molecule has 2 rings (SSSR count). The van der Waals surface area contributed by atoms with E-state index < -0.39 is 0 Å². The van der Waals surface area contributed by atoms with Crippen molar-refractivity contribution in [2.24, 2.45) is 5.92 Å². The first-order valence-corrected chi connectivity index (χ1v) is 7.25. The van der Waals surface area contributed by atoms with Gasteiger partial charge in [0.15, 0.2) is 0 Å². The molecule has 0 saturated heterocycles. The highest BCUT2D eigenvalue weighted by atomic mass is 16.5. The summed E-state index contributed by atoms with van der Waals surface area (Å²) in [5.74, 6) is 0.820. The van der Waals surface area contributed by atoms with Gasteiger partial charge in [0.1, 0.15) is 0 Å². The number of benzene rings is 1. The summed E-state index contributed by atoms with van der Waals surface area (Å²) >= 11 is 0. The number of hydrogen-bond donors (Lipinski definition) is 1. The van der Waals surface area contributed by atoms with E-state index in [1.54, 1.807) is 0 Å². The lowest BCUT2D eigenvalue weighted by Gasteiger charge is -2.24. The predicted molar refractivity (Wildman–Crippen MR) is 75.5 cm³/mol. The average Bonchev–Trinajstić information content (AvgIpc) is 2.93. The molecule has 1 saturated carbocycles. The van der Waals surface area contributed by atoms with Gasteiger partial charge in [0.05, 0.1) is 13.2 Å². The van der Waals surface area contributed by atoms with E-state index >= 15 is 0 Å². The van der Waals surface area contributed by atoms with E-state index in [0.29, 0.717) is 6.04 Å². The minimum absolute atomic E-state index is 0.543. The zero-order valence-electron chi connectivity index (χ0n) is 11.4. The second-order valence-corrected chi connectivity index (χ2v) is 5.21. The van der Waals surface area contributed by atoms with Gasteiger partial charge in [-0.25, -0.2) is 0 Å². The van der Waals surface area contributed by atoms with Crippen LogP contribution >= 0.6 is 0 Å².